The van der Waals surface area contributed by atoms with Crippen LogP contribution < -0.4 is 9.13 Å². The second-order valence-corrected chi connectivity index (χ2v) is 10.1. The summed E-state index contributed by atoms with van der Waals surface area (Å²) in [4.78, 5) is 0. The number of imidazole rings is 2. The molecule has 4 nitrogen and oxygen atoms in total. The highest BCUT2D eigenvalue weighted by Crippen LogP contribution is 2.32. The van der Waals surface area contributed by atoms with Crippen LogP contribution in [0.25, 0.3) is 56.0 Å². The summed E-state index contributed by atoms with van der Waals surface area (Å²) >= 11 is 0. The van der Waals surface area contributed by atoms with Crippen LogP contribution in [0, 0.1) is 13.8 Å². The molecule has 37 heavy (non-hydrogen) atoms. The van der Waals surface area contributed by atoms with Crippen LogP contribution in [0.15, 0.2) is 84.9 Å². The molecular weight excluding hydrogens is 452 g/mol. The molecule has 0 atom stereocenters. The van der Waals surface area contributed by atoms with Crippen molar-refractivity contribution in [1.82, 2.24) is 9.13 Å². The van der Waals surface area contributed by atoms with E-state index >= 15 is 0 Å². The second kappa shape index (κ2) is 8.74. The first kappa shape index (κ1) is 23.2. The highest BCUT2D eigenvalue weighted by atomic mass is 15.2. The molecule has 0 unspecified atom stereocenters. The number of nitrogens with zero attached hydrogens (tertiary/aromatic N) is 4. The molecule has 184 valence electrons. The molecule has 6 aromatic rings. The number of benzene rings is 4. The van der Waals surface area contributed by atoms with Gasteiger partial charge in [0.2, 0.25) is 0 Å². The van der Waals surface area contributed by atoms with Gasteiger partial charge in [0.25, 0.3) is 11.6 Å². The molecule has 0 aliphatic carbocycles. The lowest BCUT2D eigenvalue weighted by atomic mass is 9.99. The van der Waals surface area contributed by atoms with Crippen molar-refractivity contribution in [3.05, 3.63) is 96.1 Å². The highest BCUT2D eigenvalue weighted by Gasteiger charge is 2.26. The van der Waals surface area contributed by atoms with Crippen molar-refractivity contribution in [3.63, 3.8) is 0 Å². The van der Waals surface area contributed by atoms with Crippen LogP contribution in [0.3, 0.4) is 0 Å². The first-order valence-corrected chi connectivity index (χ1v) is 13.0. The van der Waals surface area contributed by atoms with Gasteiger partial charge in [0.15, 0.2) is 22.1 Å². The van der Waals surface area contributed by atoms with Gasteiger partial charge in [-0.15, -0.1) is 0 Å². The molecule has 2 aromatic heterocycles. The molecule has 6 rings (SSSR count). The number of aromatic nitrogens is 4. The molecule has 0 amide bonds. The van der Waals surface area contributed by atoms with Crippen molar-refractivity contribution in [1.29, 1.82) is 0 Å². The van der Waals surface area contributed by atoms with E-state index in [0.717, 1.165) is 6.54 Å². The molecule has 0 bridgehead atoms. The smallest absolute Gasteiger partial charge is 0.226 e. The number of para-hydroxylation sites is 2. The third-order valence-electron chi connectivity index (χ3n) is 7.94. The van der Waals surface area contributed by atoms with Crippen LogP contribution in [0.1, 0.15) is 18.1 Å². The van der Waals surface area contributed by atoms with E-state index in [0.29, 0.717) is 0 Å². The minimum atomic E-state index is 0.927. The van der Waals surface area contributed by atoms with Crippen LogP contribution in [-0.4, -0.2) is 9.13 Å². The zero-order valence-corrected chi connectivity index (χ0v) is 22.6. The van der Waals surface area contributed by atoms with Gasteiger partial charge in [-0.3, -0.25) is 0 Å². The molecule has 4 aromatic carbocycles. The predicted octanol–water partition coefficient (Wildman–Crippen LogP) is 6.42. The molecule has 4 heteroatoms. The first-order valence-electron chi connectivity index (χ1n) is 13.0. The molecule has 0 fully saturated rings. The fourth-order valence-electron chi connectivity index (χ4n) is 6.02. The molecule has 0 N–H and O–H groups in total. The minimum Gasteiger partial charge on any atom is -0.226 e. The van der Waals surface area contributed by atoms with Crippen LogP contribution >= 0.6 is 0 Å². The van der Waals surface area contributed by atoms with Gasteiger partial charge in [0, 0.05) is 0 Å². The fraction of sp³-hybridized carbons (Fsp3) is 0.212. The number of hydrogen-bond donors (Lipinski definition) is 0. The van der Waals surface area contributed by atoms with E-state index in [1.54, 1.807) is 0 Å². The summed E-state index contributed by atoms with van der Waals surface area (Å²) in [6, 6.07) is 31.0. The van der Waals surface area contributed by atoms with Gasteiger partial charge in [-0.1, -0.05) is 42.5 Å². The summed E-state index contributed by atoms with van der Waals surface area (Å²) in [6.07, 6.45) is 0. The summed E-state index contributed by atoms with van der Waals surface area (Å²) in [5, 5.41) is 0. The second-order valence-electron chi connectivity index (χ2n) is 10.1. The molecule has 0 spiro atoms. The molecule has 0 aliphatic rings. The van der Waals surface area contributed by atoms with Gasteiger partial charge in [-0.25, -0.2) is 18.3 Å². The third kappa shape index (κ3) is 3.51. The quantitative estimate of drug-likeness (QED) is 0.256. The van der Waals surface area contributed by atoms with Crippen LogP contribution in [0.5, 0.6) is 0 Å². The summed E-state index contributed by atoms with van der Waals surface area (Å²) in [6.45, 7) is 7.57. The standard InChI is InChI=1S/C33H34N4/c1-7-37-30-19-17-25(21-31(30)36(6)33(37)26-13-9-8-12-22(26)2)24-16-18-27(23(3)20-24)32-34(4)28-14-10-11-15-29(28)35(32)5/h8-21H,7H2,1-6H3/q+2. The van der Waals surface area contributed by atoms with Crippen molar-refractivity contribution >= 4 is 22.1 Å². The van der Waals surface area contributed by atoms with Crippen LogP contribution in [0.4, 0.5) is 0 Å². The lowest BCUT2D eigenvalue weighted by molar-refractivity contribution is -0.657. The average Bonchev–Trinajstić information content (AvgIpc) is 3.34. The lowest BCUT2D eigenvalue weighted by Crippen LogP contribution is -2.34. The molecule has 0 saturated carbocycles. The maximum atomic E-state index is 2.43. The van der Waals surface area contributed by atoms with Gasteiger partial charge in [-0.2, -0.15) is 0 Å². The van der Waals surface area contributed by atoms with Crippen LogP contribution in [-0.2, 0) is 27.7 Å². The van der Waals surface area contributed by atoms with E-state index in [1.807, 2.05) is 0 Å². The monoisotopic (exact) mass is 486 g/mol. The Morgan fingerprint density at radius 1 is 0.622 bits per heavy atom. The predicted molar refractivity (Wildman–Crippen MR) is 152 cm³/mol. The van der Waals surface area contributed by atoms with Crippen molar-refractivity contribution in [3.8, 4) is 33.9 Å². The van der Waals surface area contributed by atoms with Crippen molar-refractivity contribution in [2.45, 2.75) is 27.3 Å². The summed E-state index contributed by atoms with van der Waals surface area (Å²) in [7, 11) is 6.50. The van der Waals surface area contributed by atoms with Gasteiger partial charge >= 0.3 is 0 Å². The number of fused-ring (bicyclic) bond motifs is 2. The summed E-state index contributed by atoms with van der Waals surface area (Å²) in [5.74, 6) is 2.47. The van der Waals surface area contributed by atoms with Crippen molar-refractivity contribution < 1.29 is 9.13 Å². The van der Waals surface area contributed by atoms with Gasteiger partial charge in [-0.05, 0) is 85.5 Å². The fourth-order valence-corrected chi connectivity index (χ4v) is 6.02. The molecule has 2 heterocycles. The SMILES string of the molecule is CC[n+]1c(-c2ccccc2C)n(C)c2cc(-c3ccc(-c4n(C)c5ccccc5[n+]4C)c(C)c3)ccc21. The Labute approximate surface area is 218 Å². The Balaban J connectivity index is 1.47. The number of rotatable bonds is 4. The Hall–Kier alpha value is -4.18. The summed E-state index contributed by atoms with van der Waals surface area (Å²) in [5.41, 5.74) is 12.6. The maximum absolute atomic E-state index is 2.43. The van der Waals surface area contributed by atoms with Crippen LogP contribution in [0.2, 0.25) is 0 Å². The van der Waals surface area contributed by atoms with E-state index in [4.69, 9.17) is 0 Å². The normalized spacial score (nSPS) is 11.6. The highest BCUT2D eigenvalue weighted by molar-refractivity contribution is 5.84. The van der Waals surface area contributed by atoms with Gasteiger partial charge in [0.05, 0.1) is 38.8 Å². The topological polar surface area (TPSA) is 17.6 Å². The Morgan fingerprint density at radius 3 is 2.00 bits per heavy atom. The maximum Gasteiger partial charge on any atom is 0.289 e. The largest absolute Gasteiger partial charge is 0.289 e. The molecule has 0 aliphatic heterocycles. The van der Waals surface area contributed by atoms with E-state index in [9.17, 15) is 0 Å². The zero-order valence-electron chi connectivity index (χ0n) is 22.6. The van der Waals surface area contributed by atoms with Gasteiger partial charge in [0.1, 0.15) is 0 Å². The van der Waals surface area contributed by atoms with E-state index in [-0.39, 0.29) is 0 Å². The van der Waals surface area contributed by atoms with E-state index in [2.05, 4.69) is 145 Å². The number of aryl methyl sites for hydroxylation is 6. The van der Waals surface area contributed by atoms with Gasteiger partial charge < -0.3 is 0 Å². The lowest BCUT2D eigenvalue weighted by Gasteiger charge is -2.08. The average molecular weight is 487 g/mol. The molecular formula is C33H34N4+2. The third-order valence-corrected chi connectivity index (χ3v) is 7.94. The Morgan fingerprint density at radius 2 is 1.27 bits per heavy atom. The van der Waals surface area contributed by atoms with Crippen molar-refractivity contribution in [2.24, 2.45) is 21.1 Å². The molecule has 0 radical (unpaired) electrons. The Kier molecular flexibility index (Phi) is 5.49. The van der Waals surface area contributed by atoms with E-state index in [1.165, 1.54) is 67.1 Å². The first-order chi connectivity index (χ1) is 17.9. The zero-order chi connectivity index (χ0) is 25.8. The van der Waals surface area contributed by atoms with E-state index < -0.39 is 0 Å². The molecule has 0 saturated heterocycles. The minimum absolute atomic E-state index is 0.927. The number of hydrogen-bond acceptors (Lipinski definition) is 0. The van der Waals surface area contributed by atoms with Crippen molar-refractivity contribution in [2.75, 3.05) is 0 Å². The summed E-state index contributed by atoms with van der Waals surface area (Å²) < 4.78 is 9.37. The Bertz CT molecular complexity index is 1780.